The van der Waals surface area contributed by atoms with Crippen LogP contribution in [0.25, 0.3) is 32.7 Å². The number of aromatic nitrogens is 3. The van der Waals surface area contributed by atoms with Gasteiger partial charge in [-0.1, -0.05) is 66.0 Å². The second-order valence-electron chi connectivity index (χ2n) is 7.77. The van der Waals surface area contributed by atoms with Crippen molar-refractivity contribution in [2.24, 2.45) is 0 Å². The van der Waals surface area contributed by atoms with Crippen LogP contribution < -0.4 is 0 Å². The quantitative estimate of drug-likeness (QED) is 0.131. The molecule has 0 aliphatic carbocycles. The van der Waals surface area contributed by atoms with Crippen molar-refractivity contribution < 1.29 is 15.3 Å². The predicted octanol–water partition coefficient (Wildman–Crippen LogP) is 10.0. The molecule has 6 aromatic rings. The molecule has 0 bridgehead atoms. The molecule has 3 heterocycles. The largest absolute Gasteiger partial charge is 0.505 e. The Morgan fingerprint density at radius 2 is 0.675 bits per heavy atom. The van der Waals surface area contributed by atoms with Crippen molar-refractivity contribution in [3.05, 3.63) is 100 Å². The topological polar surface area (TPSA) is 99.4 Å². The summed E-state index contributed by atoms with van der Waals surface area (Å²) in [7, 11) is 0. The molecule has 40 heavy (non-hydrogen) atoms. The molecular weight excluding hydrogens is 921 g/mol. The van der Waals surface area contributed by atoms with Crippen molar-refractivity contribution in [3.8, 4) is 17.2 Å². The second-order valence-corrected chi connectivity index (χ2v) is 12.9. The zero-order valence-corrected chi connectivity index (χ0v) is 30.6. The number of benzene rings is 3. The Bertz CT molecular complexity index is 1630. The fourth-order valence-electron chi connectivity index (χ4n) is 3.47. The lowest BCUT2D eigenvalue weighted by Crippen LogP contribution is -1.81. The maximum Gasteiger partial charge on any atom is 0.156 e. The minimum Gasteiger partial charge on any atom is -0.505 e. The van der Waals surface area contributed by atoms with Crippen LogP contribution in [-0.4, -0.2) is 47.6 Å². The molecule has 3 N–H and O–H groups in total. The van der Waals surface area contributed by atoms with Gasteiger partial charge in [0.25, 0.3) is 0 Å². The van der Waals surface area contributed by atoms with Gasteiger partial charge in [0.15, 0.2) is 17.2 Å². The van der Waals surface area contributed by atoms with Crippen LogP contribution in [0.2, 0.25) is 0 Å². The Balaban J connectivity index is 0.000000163. The molecule has 3 aromatic carbocycles. The van der Waals surface area contributed by atoms with Gasteiger partial charge in [-0.3, -0.25) is 15.0 Å². The number of phenols is 3. The molecule has 6 rings (SSSR count). The van der Waals surface area contributed by atoms with Crippen LogP contribution in [-0.2, 0) is 0 Å². The Kier molecular flexibility index (Phi) is 12.2. The molecule has 0 aliphatic heterocycles. The number of halogens is 6. The molecule has 3 radical (unpaired) electrons. The molecular formula is C27H15AlBr6N3O3. The summed E-state index contributed by atoms with van der Waals surface area (Å²) in [5.41, 5.74) is 1.80. The van der Waals surface area contributed by atoms with E-state index in [4.69, 9.17) is 0 Å². The minimum atomic E-state index is 0. The number of pyridine rings is 3. The monoisotopic (exact) mass is 930 g/mol. The molecule has 201 valence electrons. The number of nitrogens with zero attached hydrogens (tertiary/aromatic N) is 3. The summed E-state index contributed by atoms with van der Waals surface area (Å²) in [4.78, 5) is 12.3. The predicted molar refractivity (Wildman–Crippen MR) is 182 cm³/mol. The van der Waals surface area contributed by atoms with Crippen LogP contribution in [0.3, 0.4) is 0 Å². The van der Waals surface area contributed by atoms with Gasteiger partial charge in [-0.05, 0) is 84.2 Å². The summed E-state index contributed by atoms with van der Waals surface area (Å²) in [5, 5.41) is 31.7. The van der Waals surface area contributed by atoms with E-state index in [0.29, 0.717) is 30.0 Å². The van der Waals surface area contributed by atoms with E-state index in [1.807, 2.05) is 36.4 Å². The van der Waals surface area contributed by atoms with Crippen LogP contribution in [0.1, 0.15) is 0 Å². The maximum atomic E-state index is 9.65. The van der Waals surface area contributed by atoms with Crippen LogP contribution >= 0.6 is 95.6 Å². The van der Waals surface area contributed by atoms with Gasteiger partial charge in [0.2, 0.25) is 0 Å². The number of rotatable bonds is 0. The van der Waals surface area contributed by atoms with E-state index in [9.17, 15) is 15.3 Å². The van der Waals surface area contributed by atoms with Crippen LogP contribution in [0.4, 0.5) is 0 Å². The average molecular weight is 936 g/mol. The molecule has 0 saturated carbocycles. The summed E-state index contributed by atoms with van der Waals surface area (Å²) in [6, 6.07) is 16.6. The van der Waals surface area contributed by atoms with Crippen molar-refractivity contribution in [1.82, 2.24) is 15.0 Å². The SMILES string of the molecule is Oc1c(Br)cc(Br)c2cccnc12.Oc1c(Br)cc(Br)c2cccnc12.Oc1c(Br)cc(Br)c2cccnc12.[Al]. The van der Waals surface area contributed by atoms with Gasteiger partial charge in [-0.2, -0.15) is 0 Å². The first-order valence-corrected chi connectivity index (χ1v) is 15.6. The third-order valence-corrected chi connectivity index (χ3v) is 9.09. The van der Waals surface area contributed by atoms with Crippen molar-refractivity contribution in [3.63, 3.8) is 0 Å². The Morgan fingerprint density at radius 1 is 0.425 bits per heavy atom. The summed E-state index contributed by atoms with van der Waals surface area (Å²) in [5.74, 6) is 0.538. The summed E-state index contributed by atoms with van der Waals surface area (Å²) >= 11 is 19.9. The maximum absolute atomic E-state index is 9.65. The fraction of sp³-hybridized carbons (Fsp3) is 0. The first-order valence-electron chi connectivity index (χ1n) is 10.8. The van der Waals surface area contributed by atoms with Crippen LogP contribution in [0.15, 0.2) is 100 Å². The highest BCUT2D eigenvalue weighted by Gasteiger charge is 2.10. The zero-order chi connectivity index (χ0) is 28.3. The number of aromatic hydroxyl groups is 3. The van der Waals surface area contributed by atoms with E-state index in [2.05, 4.69) is 111 Å². The molecule has 0 saturated heterocycles. The van der Waals surface area contributed by atoms with E-state index >= 15 is 0 Å². The zero-order valence-electron chi connectivity index (χ0n) is 20.0. The normalized spacial score (nSPS) is 10.3. The number of phenolic OH excluding ortho intramolecular Hbond substituents is 3. The van der Waals surface area contributed by atoms with Gasteiger partial charge in [-0.25, -0.2) is 0 Å². The third-order valence-electron chi connectivity index (χ3n) is 5.31. The highest BCUT2D eigenvalue weighted by Crippen LogP contribution is 2.38. The lowest BCUT2D eigenvalue weighted by molar-refractivity contribution is 0.476. The van der Waals surface area contributed by atoms with E-state index in [0.717, 1.165) is 29.6 Å². The highest BCUT2D eigenvalue weighted by molar-refractivity contribution is 9.11. The first-order chi connectivity index (χ1) is 18.6. The summed E-state index contributed by atoms with van der Waals surface area (Å²) in [6.45, 7) is 0. The van der Waals surface area contributed by atoms with Crippen molar-refractivity contribution in [2.45, 2.75) is 0 Å². The first kappa shape index (κ1) is 33.2. The van der Waals surface area contributed by atoms with Gasteiger partial charge < -0.3 is 15.3 Å². The van der Waals surface area contributed by atoms with Crippen molar-refractivity contribution in [1.29, 1.82) is 0 Å². The van der Waals surface area contributed by atoms with Crippen LogP contribution in [0, 0.1) is 0 Å². The summed E-state index contributed by atoms with van der Waals surface area (Å²) < 4.78 is 4.68. The molecule has 6 nitrogen and oxygen atoms in total. The van der Waals surface area contributed by atoms with E-state index < -0.39 is 0 Å². The van der Waals surface area contributed by atoms with Crippen LogP contribution in [0.5, 0.6) is 17.2 Å². The highest BCUT2D eigenvalue weighted by atomic mass is 79.9. The minimum absolute atomic E-state index is 0. The third kappa shape index (κ3) is 7.36. The molecule has 13 heteroatoms. The lowest BCUT2D eigenvalue weighted by Gasteiger charge is -2.03. The van der Waals surface area contributed by atoms with E-state index in [1.54, 1.807) is 36.8 Å². The van der Waals surface area contributed by atoms with Gasteiger partial charge in [-0.15, -0.1) is 0 Å². The molecule has 0 aliphatic rings. The Hall–Kier alpha value is -1.30. The number of hydrogen-bond donors (Lipinski definition) is 3. The van der Waals surface area contributed by atoms with Gasteiger partial charge >= 0.3 is 0 Å². The molecule has 0 amide bonds. The number of hydrogen-bond acceptors (Lipinski definition) is 6. The van der Waals surface area contributed by atoms with Crippen molar-refractivity contribution in [2.75, 3.05) is 0 Å². The second kappa shape index (κ2) is 14.7. The van der Waals surface area contributed by atoms with E-state index in [1.165, 1.54) is 0 Å². The Morgan fingerprint density at radius 3 is 0.925 bits per heavy atom. The molecule has 0 unspecified atom stereocenters. The van der Waals surface area contributed by atoms with Gasteiger partial charge in [0, 0.05) is 65.5 Å². The number of fused-ring (bicyclic) bond motifs is 3. The van der Waals surface area contributed by atoms with E-state index in [-0.39, 0.29) is 34.6 Å². The fourth-order valence-corrected chi connectivity index (χ4v) is 7.29. The van der Waals surface area contributed by atoms with Crippen molar-refractivity contribution >= 4 is 146 Å². The Labute approximate surface area is 290 Å². The molecule has 0 spiro atoms. The lowest BCUT2D eigenvalue weighted by atomic mass is 10.2. The molecule has 0 fully saturated rings. The molecule has 3 aromatic heterocycles. The van der Waals surface area contributed by atoms with Gasteiger partial charge in [0.1, 0.15) is 16.6 Å². The average Bonchev–Trinajstić information content (AvgIpc) is 2.94. The van der Waals surface area contributed by atoms with Gasteiger partial charge in [0.05, 0.1) is 13.4 Å². The smallest absolute Gasteiger partial charge is 0.156 e. The molecule has 0 atom stereocenters. The summed E-state index contributed by atoms with van der Waals surface area (Å²) in [6.07, 6.45) is 4.96. The standard InChI is InChI=1S/3C9H5Br2NO.Al/c3*10-6-4-7(11)9(13)8-5(6)2-1-3-12-8;/h3*1-4,13H;.